The summed E-state index contributed by atoms with van der Waals surface area (Å²) in [5, 5.41) is 1.02. The van der Waals surface area contributed by atoms with Crippen LogP contribution in [0.1, 0.15) is 28.8 Å². The Labute approximate surface area is 98.4 Å². The lowest BCUT2D eigenvalue weighted by atomic mass is 10.1. The zero-order chi connectivity index (χ0) is 10.7. The molecule has 0 saturated carbocycles. The van der Waals surface area contributed by atoms with Gasteiger partial charge in [0.25, 0.3) is 5.91 Å². The number of fused-ring (bicyclic) bond motifs is 1. The third-order valence-electron chi connectivity index (χ3n) is 2.71. The number of benzene rings is 1. The molecule has 15 heavy (non-hydrogen) atoms. The number of amides is 1. The topological polar surface area (TPSA) is 20.3 Å². The molecule has 1 aliphatic rings. The maximum Gasteiger partial charge on any atom is 0.254 e. The number of hydrogen-bond donors (Lipinski definition) is 0. The fraction of sp³-hybridized carbons (Fsp3) is 0.417. The zero-order valence-electron chi connectivity index (χ0n) is 8.58. The van der Waals surface area contributed by atoms with Crippen molar-refractivity contribution < 1.29 is 4.79 Å². The number of alkyl halides is 1. The van der Waals surface area contributed by atoms with Crippen LogP contribution in [-0.4, -0.2) is 22.7 Å². The summed E-state index contributed by atoms with van der Waals surface area (Å²) in [7, 11) is 0. The molecule has 0 unspecified atom stereocenters. The minimum atomic E-state index is 0.195. The van der Waals surface area contributed by atoms with Crippen LogP contribution in [0.15, 0.2) is 24.3 Å². The highest BCUT2D eigenvalue weighted by atomic mass is 79.9. The number of nitrogens with zero attached hydrogens (tertiary/aromatic N) is 1. The molecule has 2 rings (SSSR count). The maximum absolute atomic E-state index is 11.9. The normalized spacial score (nSPS) is 14.5. The van der Waals surface area contributed by atoms with E-state index in [0.717, 1.165) is 36.8 Å². The molecular weight excluding hydrogens is 254 g/mol. The lowest BCUT2D eigenvalue weighted by molar-refractivity contribution is 0.0776. The fourth-order valence-corrected chi connectivity index (χ4v) is 2.29. The Balaban J connectivity index is 2.01. The Kier molecular flexibility index (Phi) is 3.41. The molecule has 0 saturated heterocycles. The molecule has 0 radical (unpaired) electrons. The van der Waals surface area contributed by atoms with E-state index < -0.39 is 0 Å². The molecule has 0 aromatic heterocycles. The molecule has 1 heterocycles. The van der Waals surface area contributed by atoms with Gasteiger partial charge in [0, 0.05) is 24.0 Å². The van der Waals surface area contributed by atoms with Gasteiger partial charge in [-0.3, -0.25) is 4.79 Å². The number of rotatable bonds is 4. The second kappa shape index (κ2) is 4.79. The van der Waals surface area contributed by atoms with E-state index in [0.29, 0.717) is 0 Å². The van der Waals surface area contributed by atoms with Crippen molar-refractivity contribution in [3.8, 4) is 0 Å². The first-order valence-corrected chi connectivity index (χ1v) is 6.38. The van der Waals surface area contributed by atoms with Crippen LogP contribution in [0.3, 0.4) is 0 Å². The van der Waals surface area contributed by atoms with Gasteiger partial charge < -0.3 is 4.90 Å². The Hall–Kier alpha value is -0.830. The monoisotopic (exact) mass is 267 g/mol. The molecule has 1 aromatic carbocycles. The van der Waals surface area contributed by atoms with Crippen LogP contribution in [0.25, 0.3) is 0 Å². The molecule has 80 valence electrons. The highest BCUT2D eigenvalue weighted by molar-refractivity contribution is 9.09. The average molecular weight is 268 g/mol. The molecule has 3 heteroatoms. The van der Waals surface area contributed by atoms with E-state index in [1.807, 2.05) is 29.2 Å². The van der Waals surface area contributed by atoms with Gasteiger partial charge in [0.15, 0.2) is 0 Å². The third-order valence-corrected chi connectivity index (χ3v) is 3.27. The van der Waals surface area contributed by atoms with Crippen LogP contribution in [0.2, 0.25) is 0 Å². The Morgan fingerprint density at radius 3 is 2.80 bits per heavy atom. The van der Waals surface area contributed by atoms with E-state index in [1.165, 1.54) is 5.56 Å². The quantitative estimate of drug-likeness (QED) is 0.607. The predicted octanol–water partition coefficient (Wildman–Crippen LogP) is 2.82. The number of carbonyl (C=O) groups excluding carboxylic acids is 1. The summed E-state index contributed by atoms with van der Waals surface area (Å²) in [5.41, 5.74) is 2.05. The van der Waals surface area contributed by atoms with Gasteiger partial charge in [-0.05, 0) is 24.5 Å². The highest BCUT2D eigenvalue weighted by Crippen LogP contribution is 2.22. The number of hydrogen-bond acceptors (Lipinski definition) is 1. The van der Waals surface area contributed by atoms with Crippen LogP contribution in [0, 0.1) is 0 Å². The van der Waals surface area contributed by atoms with E-state index in [-0.39, 0.29) is 5.91 Å². The van der Waals surface area contributed by atoms with Gasteiger partial charge in [0.1, 0.15) is 0 Å². The standard InChI is InChI=1S/C12H14BrNO/c13-7-3-4-8-14-9-10-5-1-2-6-11(10)12(14)15/h1-2,5-6H,3-4,7-9H2. The minimum Gasteiger partial charge on any atom is -0.334 e. The number of unbranched alkanes of at least 4 members (excludes halogenated alkanes) is 1. The smallest absolute Gasteiger partial charge is 0.254 e. The SMILES string of the molecule is O=C1c2ccccc2CN1CCCCBr. The highest BCUT2D eigenvalue weighted by Gasteiger charge is 2.25. The summed E-state index contributed by atoms with van der Waals surface area (Å²) < 4.78 is 0. The molecule has 2 nitrogen and oxygen atoms in total. The zero-order valence-corrected chi connectivity index (χ0v) is 10.2. The summed E-state index contributed by atoms with van der Waals surface area (Å²) in [6.07, 6.45) is 2.20. The molecule has 0 atom stereocenters. The molecule has 0 N–H and O–H groups in total. The Morgan fingerprint density at radius 2 is 2.07 bits per heavy atom. The predicted molar refractivity (Wildman–Crippen MR) is 64.2 cm³/mol. The number of halogens is 1. The van der Waals surface area contributed by atoms with Gasteiger partial charge in [-0.25, -0.2) is 0 Å². The molecule has 1 aliphatic heterocycles. The van der Waals surface area contributed by atoms with E-state index in [2.05, 4.69) is 15.9 Å². The Morgan fingerprint density at radius 1 is 1.27 bits per heavy atom. The average Bonchev–Trinajstić information content (AvgIpc) is 2.57. The van der Waals surface area contributed by atoms with Crippen molar-refractivity contribution in [2.75, 3.05) is 11.9 Å². The van der Waals surface area contributed by atoms with E-state index in [1.54, 1.807) is 0 Å². The third kappa shape index (κ3) is 2.23. The van der Waals surface area contributed by atoms with Crippen molar-refractivity contribution in [2.45, 2.75) is 19.4 Å². The summed E-state index contributed by atoms with van der Waals surface area (Å²) in [6, 6.07) is 7.88. The van der Waals surface area contributed by atoms with Crippen LogP contribution in [0.4, 0.5) is 0 Å². The lowest BCUT2D eigenvalue weighted by Gasteiger charge is -2.14. The number of carbonyl (C=O) groups is 1. The van der Waals surface area contributed by atoms with Gasteiger partial charge in [0.2, 0.25) is 0 Å². The maximum atomic E-state index is 11.9. The summed E-state index contributed by atoms with van der Waals surface area (Å²) in [4.78, 5) is 13.8. The van der Waals surface area contributed by atoms with Crippen LogP contribution in [0.5, 0.6) is 0 Å². The second-order valence-electron chi connectivity index (χ2n) is 3.78. The van der Waals surface area contributed by atoms with E-state index in [4.69, 9.17) is 0 Å². The first kappa shape index (κ1) is 10.7. The van der Waals surface area contributed by atoms with Crippen LogP contribution in [-0.2, 0) is 6.54 Å². The van der Waals surface area contributed by atoms with E-state index >= 15 is 0 Å². The lowest BCUT2D eigenvalue weighted by Crippen LogP contribution is -2.24. The molecular formula is C12H14BrNO. The first-order chi connectivity index (χ1) is 7.33. The largest absolute Gasteiger partial charge is 0.334 e. The summed E-state index contributed by atoms with van der Waals surface area (Å²) in [6.45, 7) is 1.66. The van der Waals surface area contributed by atoms with Crippen molar-refractivity contribution in [1.82, 2.24) is 4.90 Å². The van der Waals surface area contributed by atoms with Crippen molar-refractivity contribution >= 4 is 21.8 Å². The van der Waals surface area contributed by atoms with Crippen molar-refractivity contribution in [3.05, 3.63) is 35.4 Å². The molecule has 1 amide bonds. The minimum absolute atomic E-state index is 0.195. The van der Waals surface area contributed by atoms with Gasteiger partial charge in [-0.1, -0.05) is 34.1 Å². The van der Waals surface area contributed by atoms with Gasteiger partial charge in [-0.15, -0.1) is 0 Å². The van der Waals surface area contributed by atoms with Gasteiger partial charge >= 0.3 is 0 Å². The first-order valence-electron chi connectivity index (χ1n) is 5.26. The van der Waals surface area contributed by atoms with Crippen molar-refractivity contribution in [3.63, 3.8) is 0 Å². The summed E-state index contributed by atoms with van der Waals surface area (Å²) >= 11 is 3.40. The van der Waals surface area contributed by atoms with E-state index in [9.17, 15) is 4.79 Å². The second-order valence-corrected chi connectivity index (χ2v) is 4.57. The van der Waals surface area contributed by atoms with Crippen LogP contribution >= 0.6 is 15.9 Å². The molecule has 0 fully saturated rings. The molecule has 0 spiro atoms. The Bertz CT molecular complexity index is 364. The van der Waals surface area contributed by atoms with Gasteiger partial charge in [0.05, 0.1) is 0 Å². The van der Waals surface area contributed by atoms with Crippen molar-refractivity contribution in [1.29, 1.82) is 0 Å². The van der Waals surface area contributed by atoms with Crippen LogP contribution < -0.4 is 0 Å². The molecule has 0 bridgehead atoms. The molecule has 1 aromatic rings. The van der Waals surface area contributed by atoms with Gasteiger partial charge in [-0.2, -0.15) is 0 Å². The molecule has 0 aliphatic carbocycles. The fourth-order valence-electron chi connectivity index (χ4n) is 1.89. The summed E-state index contributed by atoms with van der Waals surface area (Å²) in [5.74, 6) is 0.195. The van der Waals surface area contributed by atoms with Crippen molar-refractivity contribution in [2.24, 2.45) is 0 Å².